The zero-order valence-electron chi connectivity index (χ0n) is 20.2. The molecule has 3 aromatic carbocycles. The number of rotatable bonds is 8. The molecule has 5 rings (SSSR count). The van der Waals surface area contributed by atoms with E-state index >= 15 is 0 Å². The number of furan rings is 1. The molecule has 0 radical (unpaired) electrons. The molecule has 0 saturated carbocycles. The van der Waals surface area contributed by atoms with Gasteiger partial charge in [-0.15, -0.1) is 0 Å². The van der Waals surface area contributed by atoms with E-state index in [-0.39, 0.29) is 11.3 Å². The number of ether oxygens (including phenoxy) is 2. The average Bonchev–Trinajstić information content (AvgIpc) is 3.44. The predicted molar refractivity (Wildman–Crippen MR) is 141 cm³/mol. The van der Waals surface area contributed by atoms with E-state index in [1.54, 1.807) is 54.6 Å². The minimum atomic E-state index is -0.898. The molecule has 1 aliphatic heterocycles. The van der Waals surface area contributed by atoms with Crippen LogP contribution in [0.5, 0.6) is 11.5 Å². The molecule has 2 heterocycles. The minimum absolute atomic E-state index is 0.00361. The Morgan fingerprint density at radius 1 is 0.973 bits per heavy atom. The Morgan fingerprint density at radius 2 is 1.70 bits per heavy atom. The van der Waals surface area contributed by atoms with E-state index in [0.717, 1.165) is 0 Å². The summed E-state index contributed by atoms with van der Waals surface area (Å²) in [4.78, 5) is 28.6. The van der Waals surface area contributed by atoms with Crippen LogP contribution in [-0.2, 0) is 4.79 Å². The van der Waals surface area contributed by atoms with Gasteiger partial charge in [-0.2, -0.15) is 0 Å². The first-order valence-corrected chi connectivity index (χ1v) is 12.3. The van der Waals surface area contributed by atoms with Crippen molar-refractivity contribution in [1.29, 1.82) is 0 Å². The Bertz CT molecular complexity index is 1520. The maximum absolute atomic E-state index is 13.8. The lowest BCUT2D eigenvalue weighted by molar-refractivity contribution is -0.117. The van der Waals surface area contributed by atoms with Crippen molar-refractivity contribution in [2.75, 3.05) is 18.1 Å². The maximum Gasteiger partial charge on any atom is 0.294 e. The number of Topliss-reactive ketones (excluding diaryl/α,β-unsaturated/α-hetero) is 1. The Labute approximate surface area is 218 Å². The fourth-order valence-electron chi connectivity index (χ4n) is 4.50. The van der Waals surface area contributed by atoms with Crippen LogP contribution >= 0.6 is 11.6 Å². The molecule has 0 fully saturated rings. The first-order chi connectivity index (χ1) is 17.9. The number of hydrogen-bond donors (Lipinski definition) is 1. The number of nitrogens with zero attached hydrogens (tertiary/aromatic N) is 1. The van der Waals surface area contributed by atoms with Gasteiger partial charge in [-0.1, -0.05) is 41.9 Å². The van der Waals surface area contributed by atoms with Gasteiger partial charge in [0.25, 0.3) is 5.91 Å². The number of hydrogen-bond acceptors (Lipinski definition) is 6. The van der Waals surface area contributed by atoms with Crippen molar-refractivity contribution in [1.82, 2.24) is 0 Å². The monoisotopic (exact) mass is 517 g/mol. The van der Waals surface area contributed by atoms with Crippen molar-refractivity contribution in [2.24, 2.45) is 0 Å². The third-order valence-corrected chi connectivity index (χ3v) is 6.31. The van der Waals surface area contributed by atoms with Crippen LogP contribution in [0.3, 0.4) is 0 Å². The molecule has 0 spiro atoms. The van der Waals surface area contributed by atoms with Gasteiger partial charge in [0.2, 0.25) is 5.78 Å². The smallest absolute Gasteiger partial charge is 0.294 e. The van der Waals surface area contributed by atoms with Crippen molar-refractivity contribution in [3.05, 3.63) is 100 Å². The van der Waals surface area contributed by atoms with Gasteiger partial charge in [0.1, 0.15) is 5.58 Å². The number of amides is 1. The summed E-state index contributed by atoms with van der Waals surface area (Å²) >= 11 is 6.09. The molecule has 37 heavy (non-hydrogen) atoms. The van der Waals surface area contributed by atoms with E-state index in [1.165, 1.54) is 4.90 Å². The molecule has 1 aliphatic rings. The molecule has 1 aromatic heterocycles. The van der Waals surface area contributed by atoms with Crippen LogP contribution in [0.15, 0.2) is 88.5 Å². The van der Waals surface area contributed by atoms with Crippen LogP contribution in [0.2, 0.25) is 5.02 Å². The highest BCUT2D eigenvalue weighted by Crippen LogP contribution is 2.44. The molecular weight excluding hydrogens is 494 g/mol. The van der Waals surface area contributed by atoms with Crippen molar-refractivity contribution in [3.8, 4) is 11.5 Å². The number of anilines is 1. The second-order valence-corrected chi connectivity index (χ2v) is 8.81. The third kappa shape index (κ3) is 4.42. The highest BCUT2D eigenvalue weighted by Gasteiger charge is 2.45. The van der Waals surface area contributed by atoms with Crippen LogP contribution in [-0.4, -0.2) is 30.0 Å². The van der Waals surface area contributed by atoms with Crippen molar-refractivity contribution >= 4 is 39.9 Å². The van der Waals surface area contributed by atoms with E-state index in [4.69, 9.17) is 25.5 Å². The second-order valence-electron chi connectivity index (χ2n) is 8.37. The lowest BCUT2D eigenvalue weighted by Gasteiger charge is -2.27. The molecule has 0 bridgehead atoms. The van der Waals surface area contributed by atoms with Gasteiger partial charge in [0.05, 0.1) is 24.8 Å². The van der Waals surface area contributed by atoms with Gasteiger partial charge in [-0.3, -0.25) is 14.5 Å². The van der Waals surface area contributed by atoms with Gasteiger partial charge in [0.15, 0.2) is 23.0 Å². The van der Waals surface area contributed by atoms with E-state index in [1.807, 2.05) is 32.0 Å². The van der Waals surface area contributed by atoms with Crippen LogP contribution in [0.4, 0.5) is 5.69 Å². The van der Waals surface area contributed by atoms with Gasteiger partial charge >= 0.3 is 0 Å². The van der Waals surface area contributed by atoms with Crippen LogP contribution in [0.1, 0.15) is 36.0 Å². The quantitative estimate of drug-likeness (QED) is 0.263. The average molecular weight is 518 g/mol. The molecule has 0 aliphatic carbocycles. The van der Waals surface area contributed by atoms with Gasteiger partial charge < -0.3 is 19.0 Å². The van der Waals surface area contributed by atoms with Crippen molar-refractivity contribution in [3.63, 3.8) is 0 Å². The summed E-state index contributed by atoms with van der Waals surface area (Å²) < 4.78 is 17.2. The largest absolute Gasteiger partial charge is 0.503 e. The lowest BCUT2D eigenvalue weighted by atomic mass is 9.94. The minimum Gasteiger partial charge on any atom is -0.503 e. The number of carbonyl (C=O) groups is 2. The highest BCUT2D eigenvalue weighted by molar-refractivity contribution is 6.31. The number of carbonyl (C=O) groups excluding carboxylic acids is 2. The Balaban J connectivity index is 1.62. The lowest BCUT2D eigenvalue weighted by Crippen LogP contribution is -2.31. The van der Waals surface area contributed by atoms with E-state index in [2.05, 4.69) is 0 Å². The van der Waals surface area contributed by atoms with Gasteiger partial charge in [-0.25, -0.2) is 0 Å². The summed E-state index contributed by atoms with van der Waals surface area (Å²) in [7, 11) is 0. The van der Waals surface area contributed by atoms with Gasteiger partial charge in [-0.05, 0) is 55.8 Å². The van der Waals surface area contributed by atoms with Crippen molar-refractivity contribution < 1.29 is 28.6 Å². The fourth-order valence-corrected chi connectivity index (χ4v) is 4.68. The molecular formula is C29H24ClNO6. The summed E-state index contributed by atoms with van der Waals surface area (Å²) in [6.45, 7) is 4.55. The third-order valence-electron chi connectivity index (χ3n) is 6.08. The normalized spacial score (nSPS) is 15.5. The number of fused-ring (bicyclic) bond motifs is 1. The van der Waals surface area contributed by atoms with E-state index in [9.17, 15) is 14.7 Å². The van der Waals surface area contributed by atoms with E-state index < -0.39 is 23.5 Å². The first kappa shape index (κ1) is 24.5. The fraction of sp³-hybridized carbons (Fsp3) is 0.172. The first-order valence-electron chi connectivity index (χ1n) is 11.9. The summed E-state index contributed by atoms with van der Waals surface area (Å²) in [5, 5.41) is 12.2. The SMILES string of the molecule is CCOc1ccc(N2C(=O)C(O)=C(C(=O)c3cc4cc(Cl)ccc4o3)C2c2ccccc2)cc1OCC. The molecule has 8 heteroatoms. The summed E-state index contributed by atoms with van der Waals surface area (Å²) in [6, 6.07) is 19.8. The Hall–Kier alpha value is -4.23. The second kappa shape index (κ2) is 10.0. The predicted octanol–water partition coefficient (Wildman–Crippen LogP) is 6.67. The number of benzene rings is 3. The summed E-state index contributed by atoms with van der Waals surface area (Å²) in [6.07, 6.45) is 0. The number of aliphatic hydroxyl groups is 1. The molecule has 1 amide bonds. The van der Waals surface area contributed by atoms with Crippen LogP contribution in [0.25, 0.3) is 11.0 Å². The number of ketones is 1. The van der Waals surface area contributed by atoms with Crippen molar-refractivity contribution in [2.45, 2.75) is 19.9 Å². The molecule has 1 atom stereocenters. The highest BCUT2D eigenvalue weighted by atomic mass is 35.5. The molecule has 4 aromatic rings. The maximum atomic E-state index is 13.8. The summed E-state index contributed by atoms with van der Waals surface area (Å²) in [5.74, 6) is -0.950. The molecule has 0 saturated heterocycles. The molecule has 188 valence electrons. The number of aliphatic hydroxyl groups excluding tert-OH is 1. The van der Waals surface area contributed by atoms with Gasteiger partial charge in [0, 0.05) is 22.2 Å². The summed E-state index contributed by atoms with van der Waals surface area (Å²) in [5.41, 5.74) is 1.48. The zero-order chi connectivity index (χ0) is 26.1. The molecule has 7 nitrogen and oxygen atoms in total. The molecule has 1 N–H and O–H groups in total. The van der Waals surface area contributed by atoms with Crippen LogP contribution in [0, 0.1) is 0 Å². The molecule has 1 unspecified atom stereocenters. The topological polar surface area (TPSA) is 89.2 Å². The Morgan fingerprint density at radius 3 is 2.43 bits per heavy atom. The van der Waals surface area contributed by atoms with E-state index in [0.29, 0.717) is 52.0 Å². The number of halogens is 1. The Kier molecular flexibility index (Phi) is 6.63. The standard InChI is InChI=1S/C29H24ClNO6/c1-3-35-22-13-11-20(16-23(22)36-4-2)31-26(17-8-6-5-7-9-17)25(28(33)29(31)34)27(32)24-15-18-14-19(30)10-12-21(18)37-24/h5-16,26,33H,3-4H2,1-2H3. The van der Waals surface area contributed by atoms with Crippen LogP contribution < -0.4 is 14.4 Å². The zero-order valence-corrected chi connectivity index (χ0v) is 21.0.